The summed E-state index contributed by atoms with van der Waals surface area (Å²) >= 11 is 0. The van der Waals surface area contributed by atoms with Gasteiger partial charge in [-0.2, -0.15) is 0 Å². The third kappa shape index (κ3) is 4.34. The van der Waals surface area contributed by atoms with Gasteiger partial charge in [0.2, 0.25) is 0 Å². The van der Waals surface area contributed by atoms with Crippen molar-refractivity contribution in [2.45, 2.75) is 26.7 Å². The predicted octanol–water partition coefficient (Wildman–Crippen LogP) is 5.18. The Hall–Kier alpha value is -3.08. The van der Waals surface area contributed by atoms with Crippen LogP contribution in [0.25, 0.3) is 22.2 Å². The Bertz CT molecular complexity index is 995. The van der Waals surface area contributed by atoms with Crippen molar-refractivity contribution in [2.75, 3.05) is 27.3 Å². The molecule has 2 aromatic carbocycles. The van der Waals surface area contributed by atoms with Gasteiger partial charge in [-0.15, -0.1) is 0 Å². The number of carbonyl (C=O) groups excluding carboxylic acids is 1. The van der Waals surface area contributed by atoms with Crippen molar-refractivity contribution in [3.05, 3.63) is 54.1 Å². The predicted molar refractivity (Wildman–Crippen MR) is 117 cm³/mol. The van der Waals surface area contributed by atoms with Crippen LogP contribution in [0.15, 0.2) is 48.5 Å². The maximum absolute atomic E-state index is 13.4. The van der Waals surface area contributed by atoms with E-state index in [4.69, 9.17) is 14.5 Å². The monoisotopic (exact) mass is 392 g/mol. The third-order valence-electron chi connectivity index (χ3n) is 4.90. The second-order valence-corrected chi connectivity index (χ2v) is 6.93. The van der Waals surface area contributed by atoms with Crippen LogP contribution in [0.1, 0.15) is 37.0 Å². The van der Waals surface area contributed by atoms with Gasteiger partial charge in [0, 0.05) is 24.0 Å². The van der Waals surface area contributed by atoms with Gasteiger partial charge in [0.25, 0.3) is 5.91 Å². The topological polar surface area (TPSA) is 51.7 Å². The van der Waals surface area contributed by atoms with E-state index in [-0.39, 0.29) is 5.91 Å². The van der Waals surface area contributed by atoms with Crippen LogP contribution in [0.4, 0.5) is 0 Å². The largest absolute Gasteiger partial charge is 0.493 e. The Labute approximate surface area is 172 Å². The minimum Gasteiger partial charge on any atom is -0.493 e. The van der Waals surface area contributed by atoms with Crippen molar-refractivity contribution in [2.24, 2.45) is 0 Å². The lowest BCUT2D eigenvalue weighted by Crippen LogP contribution is -2.32. The van der Waals surface area contributed by atoms with Crippen LogP contribution in [0.3, 0.4) is 0 Å². The second-order valence-electron chi connectivity index (χ2n) is 6.93. The van der Waals surface area contributed by atoms with Gasteiger partial charge in [-0.3, -0.25) is 4.79 Å². The average Bonchev–Trinajstić information content (AvgIpc) is 2.77. The van der Waals surface area contributed by atoms with E-state index in [9.17, 15) is 4.79 Å². The Kier molecular flexibility index (Phi) is 6.70. The molecule has 0 atom stereocenters. The number of para-hydroxylation sites is 1. The fraction of sp³-hybridized carbons (Fsp3) is 0.333. The van der Waals surface area contributed by atoms with Crippen LogP contribution < -0.4 is 9.47 Å². The molecular weight excluding hydrogens is 364 g/mol. The van der Waals surface area contributed by atoms with E-state index < -0.39 is 0 Å². The van der Waals surface area contributed by atoms with Crippen molar-refractivity contribution >= 4 is 16.8 Å². The molecule has 29 heavy (non-hydrogen) atoms. The second kappa shape index (κ2) is 9.41. The van der Waals surface area contributed by atoms with E-state index >= 15 is 0 Å². The van der Waals surface area contributed by atoms with Crippen LogP contribution in [0.2, 0.25) is 0 Å². The molecule has 1 heterocycles. The molecule has 1 aromatic heterocycles. The zero-order valence-corrected chi connectivity index (χ0v) is 17.6. The summed E-state index contributed by atoms with van der Waals surface area (Å²) in [6.45, 7) is 5.68. The number of hydrogen-bond donors (Lipinski definition) is 0. The molecule has 0 aliphatic rings. The summed E-state index contributed by atoms with van der Waals surface area (Å²) in [6.07, 6.45) is 1.86. The highest BCUT2D eigenvalue weighted by Crippen LogP contribution is 2.33. The quantitative estimate of drug-likeness (QED) is 0.530. The zero-order chi connectivity index (χ0) is 20.8. The molecule has 5 nitrogen and oxygen atoms in total. The van der Waals surface area contributed by atoms with E-state index in [0.29, 0.717) is 17.1 Å². The first kappa shape index (κ1) is 20.6. The molecule has 0 aliphatic heterocycles. The van der Waals surface area contributed by atoms with E-state index in [2.05, 4.69) is 13.8 Å². The number of methoxy groups -OCH3 is 2. The summed E-state index contributed by atoms with van der Waals surface area (Å²) in [6, 6.07) is 15.4. The van der Waals surface area contributed by atoms with Gasteiger partial charge >= 0.3 is 0 Å². The fourth-order valence-corrected chi connectivity index (χ4v) is 3.52. The number of nitrogens with zero attached hydrogens (tertiary/aromatic N) is 2. The molecule has 1 amide bonds. The lowest BCUT2D eigenvalue weighted by atomic mass is 10.0. The van der Waals surface area contributed by atoms with Crippen molar-refractivity contribution in [3.8, 4) is 22.8 Å². The molecule has 0 spiro atoms. The number of carbonyl (C=O) groups is 1. The van der Waals surface area contributed by atoms with Crippen LogP contribution >= 0.6 is 0 Å². The number of ether oxygens (including phenoxy) is 2. The number of pyridine rings is 1. The summed E-state index contributed by atoms with van der Waals surface area (Å²) in [5, 5.41) is 0.874. The Morgan fingerprint density at radius 2 is 1.62 bits per heavy atom. The third-order valence-corrected chi connectivity index (χ3v) is 4.90. The number of aromatic nitrogens is 1. The molecule has 0 radical (unpaired) electrons. The van der Waals surface area contributed by atoms with Gasteiger partial charge in [0.15, 0.2) is 11.5 Å². The summed E-state index contributed by atoms with van der Waals surface area (Å²) < 4.78 is 10.8. The molecule has 0 saturated heterocycles. The van der Waals surface area contributed by atoms with Crippen LogP contribution in [0.5, 0.6) is 11.5 Å². The standard InChI is InChI=1S/C24H28N2O3/c1-5-13-26(14-6-2)24(27)19-16-21(25-20-10-8-7-9-18(19)20)17-11-12-22(28-3)23(15-17)29-4/h7-12,15-16H,5-6,13-14H2,1-4H3. The van der Waals surface area contributed by atoms with E-state index in [1.165, 1.54) is 0 Å². The lowest BCUT2D eigenvalue weighted by molar-refractivity contribution is 0.0757. The number of rotatable bonds is 8. The zero-order valence-electron chi connectivity index (χ0n) is 17.6. The molecule has 0 bridgehead atoms. The van der Waals surface area contributed by atoms with Crippen LogP contribution in [-0.2, 0) is 0 Å². The van der Waals surface area contributed by atoms with Gasteiger partial charge in [-0.1, -0.05) is 32.0 Å². The highest BCUT2D eigenvalue weighted by atomic mass is 16.5. The van der Waals surface area contributed by atoms with E-state index in [1.54, 1.807) is 14.2 Å². The minimum atomic E-state index is 0.0500. The van der Waals surface area contributed by atoms with Crippen molar-refractivity contribution in [1.82, 2.24) is 9.88 Å². The molecule has 0 saturated carbocycles. The minimum absolute atomic E-state index is 0.0500. The normalized spacial score (nSPS) is 10.8. The van der Waals surface area contributed by atoms with Gasteiger partial charge in [0.1, 0.15) is 0 Å². The Morgan fingerprint density at radius 1 is 0.931 bits per heavy atom. The first-order valence-electron chi connectivity index (χ1n) is 10.0. The molecule has 0 N–H and O–H groups in total. The van der Waals surface area contributed by atoms with Crippen molar-refractivity contribution in [3.63, 3.8) is 0 Å². The van der Waals surface area contributed by atoms with Gasteiger partial charge in [-0.05, 0) is 43.2 Å². The van der Waals surface area contributed by atoms with Crippen LogP contribution in [0, 0.1) is 0 Å². The SMILES string of the molecule is CCCN(CCC)C(=O)c1cc(-c2ccc(OC)c(OC)c2)nc2ccccc12. The molecule has 0 unspecified atom stereocenters. The number of benzene rings is 2. The van der Waals surface area contributed by atoms with E-state index in [0.717, 1.165) is 48.1 Å². The smallest absolute Gasteiger partial charge is 0.254 e. The first-order chi connectivity index (χ1) is 14.1. The average molecular weight is 392 g/mol. The molecule has 0 fully saturated rings. The molecule has 152 valence electrons. The molecule has 0 aliphatic carbocycles. The van der Waals surface area contributed by atoms with Gasteiger partial charge in [0.05, 0.1) is 31.0 Å². The number of amides is 1. The fourth-order valence-electron chi connectivity index (χ4n) is 3.52. The Balaban J connectivity index is 2.15. The number of fused-ring (bicyclic) bond motifs is 1. The summed E-state index contributed by atoms with van der Waals surface area (Å²) in [7, 11) is 3.22. The molecule has 5 heteroatoms. The van der Waals surface area contributed by atoms with Gasteiger partial charge < -0.3 is 14.4 Å². The number of hydrogen-bond acceptors (Lipinski definition) is 4. The van der Waals surface area contributed by atoms with E-state index in [1.807, 2.05) is 53.4 Å². The highest BCUT2D eigenvalue weighted by Gasteiger charge is 2.19. The summed E-state index contributed by atoms with van der Waals surface area (Å²) in [5.74, 6) is 1.34. The van der Waals surface area contributed by atoms with Crippen molar-refractivity contribution < 1.29 is 14.3 Å². The highest BCUT2D eigenvalue weighted by molar-refractivity contribution is 6.07. The van der Waals surface area contributed by atoms with Crippen LogP contribution in [-0.4, -0.2) is 43.1 Å². The molecule has 3 rings (SSSR count). The summed E-state index contributed by atoms with van der Waals surface area (Å²) in [4.78, 5) is 20.1. The molecule has 3 aromatic rings. The maximum Gasteiger partial charge on any atom is 0.254 e. The first-order valence-corrected chi connectivity index (χ1v) is 10.0. The molecular formula is C24H28N2O3. The van der Waals surface area contributed by atoms with Gasteiger partial charge in [-0.25, -0.2) is 4.98 Å². The summed E-state index contributed by atoms with van der Waals surface area (Å²) in [5.41, 5.74) is 3.10. The maximum atomic E-state index is 13.4. The Morgan fingerprint density at radius 3 is 2.28 bits per heavy atom. The lowest BCUT2D eigenvalue weighted by Gasteiger charge is -2.22. The van der Waals surface area contributed by atoms with Crippen molar-refractivity contribution in [1.29, 1.82) is 0 Å².